The molecule has 0 aliphatic carbocycles. The van der Waals surface area contributed by atoms with Crippen molar-refractivity contribution in [1.29, 1.82) is 0 Å². The van der Waals surface area contributed by atoms with Crippen molar-refractivity contribution in [3.8, 4) is 0 Å². The Kier molecular flexibility index (Phi) is 6.12. The Morgan fingerprint density at radius 1 is 1.17 bits per heavy atom. The minimum atomic E-state index is 0.229. The van der Waals surface area contributed by atoms with Crippen molar-refractivity contribution in [2.75, 3.05) is 30.4 Å². The lowest BCUT2D eigenvalue weighted by Crippen LogP contribution is -2.31. The number of aromatic nitrogens is 3. The summed E-state index contributed by atoms with van der Waals surface area (Å²) in [6.07, 6.45) is 2.31. The van der Waals surface area contributed by atoms with Gasteiger partial charge in [-0.1, -0.05) is 26.7 Å². The van der Waals surface area contributed by atoms with Gasteiger partial charge < -0.3 is 10.2 Å². The predicted molar refractivity (Wildman–Crippen MR) is 76.3 cm³/mol. The van der Waals surface area contributed by atoms with Gasteiger partial charge in [-0.2, -0.15) is 15.0 Å². The van der Waals surface area contributed by atoms with Crippen molar-refractivity contribution in [1.82, 2.24) is 15.0 Å². The number of nitrogens with one attached hydrogen (secondary N) is 1. The average molecular weight is 272 g/mol. The molecular weight excluding hydrogens is 250 g/mol. The second-order valence-corrected chi connectivity index (χ2v) is 4.54. The van der Waals surface area contributed by atoms with Gasteiger partial charge in [0.05, 0.1) is 0 Å². The molecule has 0 amide bonds. The third kappa shape index (κ3) is 3.98. The molecule has 1 aromatic rings. The van der Waals surface area contributed by atoms with Gasteiger partial charge >= 0.3 is 0 Å². The van der Waals surface area contributed by atoms with Crippen LogP contribution in [-0.2, 0) is 0 Å². The zero-order valence-electron chi connectivity index (χ0n) is 11.6. The van der Waals surface area contributed by atoms with Gasteiger partial charge in [0.25, 0.3) is 0 Å². The van der Waals surface area contributed by atoms with Gasteiger partial charge in [0.1, 0.15) is 0 Å². The van der Waals surface area contributed by atoms with E-state index in [9.17, 15) is 0 Å². The Bertz CT molecular complexity index is 367. The molecule has 0 atom stereocenters. The van der Waals surface area contributed by atoms with E-state index >= 15 is 0 Å². The van der Waals surface area contributed by atoms with Crippen LogP contribution in [0.3, 0.4) is 0 Å². The second-order valence-electron chi connectivity index (χ2n) is 4.20. The van der Waals surface area contributed by atoms with Gasteiger partial charge in [-0.15, -0.1) is 0 Å². The molecule has 1 rings (SSSR count). The third-order valence-electron chi connectivity index (χ3n) is 3.12. The Morgan fingerprint density at radius 2 is 1.83 bits per heavy atom. The molecule has 6 heteroatoms. The molecule has 0 aromatic carbocycles. The molecular formula is C12H22ClN5. The Labute approximate surface area is 114 Å². The lowest BCUT2D eigenvalue weighted by Gasteiger charge is -2.25. The van der Waals surface area contributed by atoms with Crippen LogP contribution in [0.15, 0.2) is 0 Å². The zero-order valence-corrected chi connectivity index (χ0v) is 12.3. The standard InChI is InChI=1S/C12H22ClN5/c1-5-9(6-2)8-18(7-3)12-16-10(13)15-11(14-4)17-12/h9H,5-8H2,1-4H3,(H,14,15,16,17). The first-order valence-corrected chi connectivity index (χ1v) is 6.86. The summed E-state index contributed by atoms with van der Waals surface area (Å²) in [7, 11) is 1.77. The molecule has 0 spiro atoms. The summed E-state index contributed by atoms with van der Waals surface area (Å²) in [5.41, 5.74) is 0. The van der Waals surface area contributed by atoms with Crippen LogP contribution in [0.1, 0.15) is 33.6 Å². The Balaban J connectivity index is 2.90. The van der Waals surface area contributed by atoms with E-state index in [-0.39, 0.29) is 5.28 Å². The molecule has 102 valence electrons. The summed E-state index contributed by atoms with van der Waals surface area (Å²) >= 11 is 5.91. The minimum absolute atomic E-state index is 0.229. The van der Waals surface area contributed by atoms with E-state index in [2.05, 4.69) is 45.9 Å². The summed E-state index contributed by atoms with van der Waals surface area (Å²) < 4.78 is 0. The van der Waals surface area contributed by atoms with Crippen molar-refractivity contribution < 1.29 is 0 Å². The quantitative estimate of drug-likeness (QED) is 0.826. The molecule has 18 heavy (non-hydrogen) atoms. The molecule has 5 nitrogen and oxygen atoms in total. The number of rotatable bonds is 7. The molecule has 1 aromatic heterocycles. The van der Waals surface area contributed by atoms with E-state index in [1.807, 2.05) is 0 Å². The van der Waals surface area contributed by atoms with Gasteiger partial charge in [-0.3, -0.25) is 0 Å². The number of hydrogen-bond donors (Lipinski definition) is 1. The van der Waals surface area contributed by atoms with Crippen LogP contribution in [0.2, 0.25) is 5.28 Å². The molecule has 0 aliphatic rings. The van der Waals surface area contributed by atoms with Crippen LogP contribution in [0.25, 0.3) is 0 Å². The number of halogens is 1. The fourth-order valence-electron chi connectivity index (χ4n) is 1.80. The predicted octanol–water partition coefficient (Wildman–Crippen LogP) is 2.83. The van der Waals surface area contributed by atoms with Crippen LogP contribution in [0.4, 0.5) is 11.9 Å². The minimum Gasteiger partial charge on any atom is -0.357 e. The summed E-state index contributed by atoms with van der Waals surface area (Å²) in [4.78, 5) is 14.7. The van der Waals surface area contributed by atoms with E-state index < -0.39 is 0 Å². The summed E-state index contributed by atoms with van der Waals surface area (Å²) in [6, 6.07) is 0. The van der Waals surface area contributed by atoms with Gasteiger partial charge in [0, 0.05) is 20.1 Å². The van der Waals surface area contributed by atoms with Crippen LogP contribution >= 0.6 is 11.6 Å². The fraction of sp³-hybridized carbons (Fsp3) is 0.750. The van der Waals surface area contributed by atoms with E-state index in [1.54, 1.807) is 7.05 Å². The zero-order chi connectivity index (χ0) is 13.5. The second kappa shape index (κ2) is 7.36. The monoisotopic (exact) mass is 271 g/mol. The highest BCUT2D eigenvalue weighted by Crippen LogP contribution is 2.17. The van der Waals surface area contributed by atoms with Gasteiger partial charge in [0.2, 0.25) is 17.2 Å². The molecule has 0 saturated heterocycles. The SMILES string of the molecule is CCC(CC)CN(CC)c1nc(Cl)nc(NC)n1. The van der Waals surface area contributed by atoms with Gasteiger partial charge in [-0.25, -0.2) is 0 Å². The molecule has 1 N–H and O–H groups in total. The van der Waals surface area contributed by atoms with Crippen molar-refractivity contribution in [3.05, 3.63) is 5.28 Å². The molecule has 0 radical (unpaired) electrons. The van der Waals surface area contributed by atoms with Crippen molar-refractivity contribution >= 4 is 23.5 Å². The first-order valence-electron chi connectivity index (χ1n) is 6.48. The first kappa shape index (κ1) is 15.0. The average Bonchev–Trinajstić information content (AvgIpc) is 2.39. The lowest BCUT2D eigenvalue weighted by atomic mass is 10.0. The summed E-state index contributed by atoms with van der Waals surface area (Å²) in [5, 5.41) is 3.12. The van der Waals surface area contributed by atoms with Crippen LogP contribution in [-0.4, -0.2) is 35.1 Å². The van der Waals surface area contributed by atoms with E-state index in [4.69, 9.17) is 11.6 Å². The highest BCUT2D eigenvalue weighted by Gasteiger charge is 2.14. The maximum Gasteiger partial charge on any atom is 0.231 e. The first-order chi connectivity index (χ1) is 8.64. The Hall–Kier alpha value is -1.10. The fourth-order valence-corrected chi connectivity index (χ4v) is 1.96. The summed E-state index contributed by atoms with van der Waals surface area (Å²) in [5.74, 6) is 1.81. The summed E-state index contributed by atoms with van der Waals surface area (Å²) in [6.45, 7) is 8.33. The highest BCUT2D eigenvalue weighted by molar-refractivity contribution is 6.28. The Morgan fingerprint density at radius 3 is 2.33 bits per heavy atom. The molecule has 0 saturated carbocycles. The van der Waals surface area contributed by atoms with Gasteiger partial charge in [-0.05, 0) is 24.4 Å². The topological polar surface area (TPSA) is 53.9 Å². The number of hydrogen-bond acceptors (Lipinski definition) is 5. The highest BCUT2D eigenvalue weighted by atomic mass is 35.5. The maximum absolute atomic E-state index is 5.91. The van der Waals surface area contributed by atoms with E-state index in [0.29, 0.717) is 17.8 Å². The van der Waals surface area contributed by atoms with E-state index in [1.165, 1.54) is 0 Å². The molecule has 0 aliphatic heterocycles. The third-order valence-corrected chi connectivity index (χ3v) is 3.29. The molecule has 0 unspecified atom stereocenters. The lowest BCUT2D eigenvalue weighted by molar-refractivity contribution is 0.482. The van der Waals surface area contributed by atoms with Crippen LogP contribution in [0.5, 0.6) is 0 Å². The van der Waals surface area contributed by atoms with Crippen LogP contribution < -0.4 is 10.2 Å². The van der Waals surface area contributed by atoms with Crippen molar-refractivity contribution in [2.45, 2.75) is 33.6 Å². The number of nitrogens with zero attached hydrogens (tertiary/aromatic N) is 4. The largest absolute Gasteiger partial charge is 0.357 e. The molecule has 0 fully saturated rings. The number of anilines is 2. The van der Waals surface area contributed by atoms with E-state index in [0.717, 1.165) is 25.9 Å². The van der Waals surface area contributed by atoms with Crippen LogP contribution in [0, 0.1) is 5.92 Å². The van der Waals surface area contributed by atoms with Gasteiger partial charge in [0.15, 0.2) is 0 Å². The smallest absolute Gasteiger partial charge is 0.231 e. The molecule has 0 bridgehead atoms. The maximum atomic E-state index is 5.91. The normalized spacial score (nSPS) is 10.8. The molecule has 1 heterocycles. The van der Waals surface area contributed by atoms with Crippen molar-refractivity contribution in [2.24, 2.45) is 5.92 Å². The van der Waals surface area contributed by atoms with Crippen molar-refractivity contribution in [3.63, 3.8) is 0 Å².